The highest BCUT2D eigenvalue weighted by Gasteiger charge is 2.38. The highest BCUT2D eigenvalue weighted by molar-refractivity contribution is 5.96. The lowest BCUT2D eigenvalue weighted by molar-refractivity contribution is -0.137. The fraction of sp³-hybridized carbons (Fsp3) is 0.294. The molecular formula is C17H15F3N2O. The lowest BCUT2D eigenvalue weighted by Crippen LogP contribution is -2.46. The van der Waals surface area contributed by atoms with Crippen LogP contribution in [0.2, 0.25) is 0 Å². The number of hydrogen-bond donors (Lipinski definition) is 1. The molecule has 2 atom stereocenters. The molecule has 23 heavy (non-hydrogen) atoms. The summed E-state index contributed by atoms with van der Waals surface area (Å²) in [6.07, 6.45) is -1.27. The van der Waals surface area contributed by atoms with Crippen molar-refractivity contribution in [2.24, 2.45) is 0 Å². The second kappa shape index (κ2) is 6.02. The van der Waals surface area contributed by atoms with Gasteiger partial charge in [-0.3, -0.25) is 9.78 Å². The van der Waals surface area contributed by atoms with Gasteiger partial charge in [-0.05, 0) is 37.1 Å². The maximum Gasteiger partial charge on any atom is 0.417 e. The third-order valence-electron chi connectivity index (χ3n) is 4.14. The van der Waals surface area contributed by atoms with Crippen LogP contribution in [0.3, 0.4) is 0 Å². The predicted octanol–water partition coefficient (Wildman–Crippen LogP) is 3.78. The smallest absolute Gasteiger partial charge is 0.349 e. The molecular weight excluding hydrogens is 305 g/mol. The van der Waals surface area contributed by atoms with Gasteiger partial charge in [-0.1, -0.05) is 18.2 Å². The maximum atomic E-state index is 13.0. The number of pyridine rings is 1. The standard InChI is InChI=1S/C17H15F3N2O/c18-17(19,20)13-6-2-1-5-11(13)16(23)22-15-9-8-12(15)14-7-3-4-10-21-14/h1-7,10,12,15H,8-9H2,(H,22,23). The highest BCUT2D eigenvalue weighted by Crippen LogP contribution is 2.37. The van der Waals surface area contributed by atoms with Crippen molar-refractivity contribution in [1.29, 1.82) is 0 Å². The van der Waals surface area contributed by atoms with Crippen molar-refractivity contribution >= 4 is 5.91 Å². The number of alkyl halides is 3. The van der Waals surface area contributed by atoms with E-state index in [9.17, 15) is 18.0 Å². The van der Waals surface area contributed by atoms with Crippen molar-refractivity contribution in [1.82, 2.24) is 10.3 Å². The molecule has 1 aromatic heterocycles. The molecule has 1 N–H and O–H groups in total. The van der Waals surface area contributed by atoms with Gasteiger partial charge in [0.25, 0.3) is 5.91 Å². The van der Waals surface area contributed by atoms with E-state index in [0.717, 1.165) is 24.6 Å². The minimum absolute atomic E-state index is 0.0539. The number of nitrogens with one attached hydrogen (secondary N) is 1. The van der Waals surface area contributed by atoms with Gasteiger partial charge in [-0.25, -0.2) is 0 Å². The maximum absolute atomic E-state index is 13.0. The molecule has 2 aromatic rings. The number of carbonyl (C=O) groups excluding carboxylic acids is 1. The van der Waals surface area contributed by atoms with Crippen LogP contribution in [0.4, 0.5) is 13.2 Å². The van der Waals surface area contributed by atoms with E-state index in [1.807, 2.05) is 12.1 Å². The molecule has 1 aliphatic rings. The summed E-state index contributed by atoms with van der Waals surface area (Å²) in [7, 11) is 0. The molecule has 1 fully saturated rings. The van der Waals surface area contributed by atoms with E-state index in [0.29, 0.717) is 0 Å². The lowest BCUT2D eigenvalue weighted by Gasteiger charge is -2.36. The van der Waals surface area contributed by atoms with E-state index in [4.69, 9.17) is 0 Å². The lowest BCUT2D eigenvalue weighted by atomic mass is 9.77. The van der Waals surface area contributed by atoms with Crippen molar-refractivity contribution in [3.05, 3.63) is 65.5 Å². The number of nitrogens with zero attached hydrogens (tertiary/aromatic N) is 1. The minimum Gasteiger partial charge on any atom is -0.349 e. The van der Waals surface area contributed by atoms with Gasteiger partial charge in [0, 0.05) is 23.9 Å². The first kappa shape index (κ1) is 15.5. The summed E-state index contributed by atoms with van der Waals surface area (Å²) in [5.41, 5.74) is -0.397. The van der Waals surface area contributed by atoms with Gasteiger partial charge in [-0.2, -0.15) is 13.2 Å². The average Bonchev–Trinajstić information content (AvgIpc) is 2.51. The molecule has 0 bridgehead atoms. The summed E-state index contributed by atoms with van der Waals surface area (Å²) in [5.74, 6) is -0.637. The van der Waals surface area contributed by atoms with E-state index in [-0.39, 0.29) is 17.5 Å². The van der Waals surface area contributed by atoms with Gasteiger partial charge >= 0.3 is 6.18 Å². The summed E-state index contributed by atoms with van der Waals surface area (Å²) in [6, 6.07) is 10.2. The Balaban J connectivity index is 1.76. The number of rotatable bonds is 3. The predicted molar refractivity (Wildman–Crippen MR) is 78.9 cm³/mol. The first-order valence-electron chi connectivity index (χ1n) is 7.35. The SMILES string of the molecule is O=C(NC1CCC1c1ccccn1)c1ccccc1C(F)(F)F. The van der Waals surface area contributed by atoms with Crippen LogP contribution in [0.5, 0.6) is 0 Å². The Kier molecular flexibility index (Phi) is 4.07. The molecule has 0 spiro atoms. The molecule has 3 rings (SSSR count). The fourth-order valence-electron chi connectivity index (χ4n) is 2.80. The second-order valence-electron chi connectivity index (χ2n) is 5.56. The van der Waals surface area contributed by atoms with Crippen molar-refractivity contribution in [3.8, 4) is 0 Å². The third kappa shape index (κ3) is 3.21. The van der Waals surface area contributed by atoms with Gasteiger partial charge in [0.05, 0.1) is 11.1 Å². The molecule has 1 amide bonds. The Morgan fingerprint density at radius 2 is 1.83 bits per heavy atom. The summed E-state index contributed by atoms with van der Waals surface area (Å²) in [5, 5.41) is 2.71. The van der Waals surface area contributed by atoms with Crippen molar-refractivity contribution in [3.63, 3.8) is 0 Å². The Labute approximate surface area is 131 Å². The Hall–Kier alpha value is -2.37. The number of carbonyl (C=O) groups is 1. The zero-order chi connectivity index (χ0) is 16.4. The largest absolute Gasteiger partial charge is 0.417 e. The van der Waals surface area contributed by atoms with Gasteiger partial charge in [0.15, 0.2) is 0 Å². The first-order valence-corrected chi connectivity index (χ1v) is 7.35. The molecule has 2 unspecified atom stereocenters. The van der Waals surface area contributed by atoms with Gasteiger partial charge < -0.3 is 5.32 Å². The Morgan fingerprint density at radius 3 is 2.43 bits per heavy atom. The van der Waals surface area contributed by atoms with Crippen LogP contribution in [0.15, 0.2) is 48.7 Å². The molecule has 1 saturated carbocycles. The quantitative estimate of drug-likeness (QED) is 0.935. The fourth-order valence-corrected chi connectivity index (χ4v) is 2.80. The highest BCUT2D eigenvalue weighted by atomic mass is 19.4. The monoisotopic (exact) mass is 320 g/mol. The summed E-state index contributed by atoms with van der Waals surface area (Å²) in [6.45, 7) is 0. The molecule has 3 nitrogen and oxygen atoms in total. The number of halogens is 3. The molecule has 0 aliphatic heterocycles. The second-order valence-corrected chi connectivity index (χ2v) is 5.56. The Morgan fingerprint density at radius 1 is 1.09 bits per heavy atom. The first-order chi connectivity index (χ1) is 11.0. The van der Waals surface area contributed by atoms with E-state index in [1.54, 1.807) is 12.3 Å². The normalized spacial score (nSPS) is 20.7. The van der Waals surface area contributed by atoms with E-state index in [1.165, 1.54) is 18.2 Å². The molecule has 0 radical (unpaired) electrons. The molecule has 1 heterocycles. The van der Waals surface area contributed by atoms with Crippen LogP contribution in [-0.2, 0) is 6.18 Å². The van der Waals surface area contributed by atoms with Crippen LogP contribution in [-0.4, -0.2) is 16.9 Å². The molecule has 0 saturated heterocycles. The summed E-state index contributed by atoms with van der Waals surface area (Å²) >= 11 is 0. The number of hydrogen-bond acceptors (Lipinski definition) is 2. The number of aromatic nitrogens is 1. The summed E-state index contributed by atoms with van der Waals surface area (Å²) < 4.78 is 39.0. The zero-order valence-corrected chi connectivity index (χ0v) is 12.2. The molecule has 1 aromatic carbocycles. The van der Waals surface area contributed by atoms with Crippen LogP contribution >= 0.6 is 0 Å². The van der Waals surface area contributed by atoms with Gasteiger partial charge in [-0.15, -0.1) is 0 Å². The molecule has 1 aliphatic carbocycles. The van der Waals surface area contributed by atoms with Gasteiger partial charge in [0.1, 0.15) is 0 Å². The number of amides is 1. The Bertz CT molecular complexity index is 700. The topological polar surface area (TPSA) is 42.0 Å². The number of benzene rings is 1. The van der Waals surface area contributed by atoms with E-state index >= 15 is 0 Å². The van der Waals surface area contributed by atoms with E-state index < -0.39 is 17.6 Å². The third-order valence-corrected chi connectivity index (χ3v) is 4.14. The molecule has 120 valence electrons. The summed E-state index contributed by atoms with van der Waals surface area (Å²) in [4.78, 5) is 16.5. The van der Waals surface area contributed by atoms with Gasteiger partial charge in [0.2, 0.25) is 0 Å². The average molecular weight is 320 g/mol. The van der Waals surface area contributed by atoms with Crippen molar-refractivity contribution < 1.29 is 18.0 Å². The molecule has 6 heteroatoms. The zero-order valence-electron chi connectivity index (χ0n) is 12.2. The van der Waals surface area contributed by atoms with Crippen LogP contribution < -0.4 is 5.32 Å². The van der Waals surface area contributed by atoms with E-state index in [2.05, 4.69) is 10.3 Å². The van der Waals surface area contributed by atoms with Crippen LogP contribution in [0, 0.1) is 0 Å². The van der Waals surface area contributed by atoms with Crippen molar-refractivity contribution in [2.75, 3.05) is 0 Å². The minimum atomic E-state index is -4.55. The van der Waals surface area contributed by atoms with Crippen LogP contribution in [0.25, 0.3) is 0 Å². The van der Waals surface area contributed by atoms with Crippen molar-refractivity contribution in [2.45, 2.75) is 31.0 Å². The van der Waals surface area contributed by atoms with Crippen LogP contribution in [0.1, 0.15) is 40.4 Å².